The summed E-state index contributed by atoms with van der Waals surface area (Å²) in [5.41, 5.74) is 0. The van der Waals surface area contributed by atoms with Gasteiger partial charge < -0.3 is 22.0 Å². The number of hydrogen-bond donors (Lipinski definition) is 1. The largest absolute Gasteiger partial charge is 1.00 e. The summed E-state index contributed by atoms with van der Waals surface area (Å²) in [4.78, 5) is 0. The van der Waals surface area contributed by atoms with Gasteiger partial charge >= 0.3 is 0 Å². The van der Waals surface area contributed by atoms with Crippen LogP contribution in [0, 0.1) is 0 Å². The molecule has 0 saturated heterocycles. The molecule has 0 aromatic rings. The van der Waals surface area contributed by atoms with Crippen LogP contribution in [-0.4, -0.2) is 42.4 Å². The molecule has 0 bridgehead atoms. The minimum atomic E-state index is 0. The van der Waals surface area contributed by atoms with Gasteiger partial charge in [0.2, 0.25) is 0 Å². The van der Waals surface area contributed by atoms with Crippen LogP contribution >= 0.6 is 0 Å². The number of hydrogen-bond acceptors (Lipinski definition) is 1. The predicted octanol–water partition coefficient (Wildman–Crippen LogP) is 15.6. The second kappa shape index (κ2) is 53.8. The van der Waals surface area contributed by atoms with Crippen LogP contribution in [-0.2, 0) is 0 Å². The zero-order chi connectivity index (χ0) is 42.7. The molecule has 0 rings (SSSR count). The normalized spacial score (nSPS) is 12.6. The summed E-state index contributed by atoms with van der Waals surface area (Å²) in [6.07, 6.45) is 77.0. The lowest BCUT2D eigenvalue weighted by Gasteiger charge is -2.39. The third-order valence-corrected chi connectivity index (χ3v) is 12.3. The monoisotopic (exact) mass is 856 g/mol. The molecule has 0 atom stereocenters. The Hall–Kier alpha value is -1.35. The second-order valence-corrected chi connectivity index (χ2v) is 18.1. The van der Waals surface area contributed by atoms with Crippen LogP contribution in [0.5, 0.6) is 0 Å². The summed E-state index contributed by atoms with van der Waals surface area (Å²) in [5, 5.41) is 9.93. The van der Waals surface area contributed by atoms with Gasteiger partial charge in [0, 0.05) is 13.0 Å². The van der Waals surface area contributed by atoms with Gasteiger partial charge in [0.05, 0.1) is 26.2 Å². The highest BCUT2D eigenvalue weighted by Crippen LogP contribution is 2.20. The zero-order valence-corrected chi connectivity index (χ0v) is 41.7. The van der Waals surface area contributed by atoms with Crippen LogP contribution < -0.4 is 12.4 Å². The Bertz CT molecular complexity index is 860. The first-order chi connectivity index (χ1) is 29.2. The van der Waals surface area contributed by atoms with Crippen molar-refractivity contribution in [1.82, 2.24) is 0 Å². The van der Waals surface area contributed by atoms with Crippen molar-refractivity contribution < 1.29 is 22.0 Å². The minimum Gasteiger partial charge on any atom is -1.00 e. The molecule has 0 spiro atoms. The highest BCUT2D eigenvalue weighted by molar-refractivity contribution is 4.94. The Morgan fingerprint density at radius 2 is 0.483 bits per heavy atom. The van der Waals surface area contributed by atoms with Crippen LogP contribution in [0.2, 0.25) is 0 Å². The fraction of sp³-hybridized carbons (Fsp3) is 0.789. The van der Waals surface area contributed by atoms with Gasteiger partial charge in [-0.1, -0.05) is 190 Å². The molecule has 0 amide bonds. The van der Waals surface area contributed by atoms with Crippen molar-refractivity contribution in [2.75, 3.05) is 32.8 Å². The van der Waals surface area contributed by atoms with Crippen molar-refractivity contribution in [1.29, 1.82) is 0 Å². The molecule has 0 unspecified atom stereocenters. The predicted molar refractivity (Wildman–Crippen MR) is 270 cm³/mol. The molecular weight excluding hydrogens is 750 g/mol. The van der Waals surface area contributed by atoms with Crippen molar-refractivity contribution in [2.45, 2.75) is 258 Å². The topological polar surface area (TPSA) is 20.2 Å². The van der Waals surface area contributed by atoms with Gasteiger partial charge in [0.25, 0.3) is 0 Å². The molecule has 1 N–H and O–H groups in total. The molecule has 0 saturated carbocycles. The molecule has 3 heteroatoms. The van der Waals surface area contributed by atoms with Crippen molar-refractivity contribution >= 4 is 0 Å². The van der Waals surface area contributed by atoms with Gasteiger partial charge in [-0.25, -0.2) is 0 Å². The van der Waals surface area contributed by atoms with Crippen LogP contribution in [0.15, 0.2) is 72.9 Å². The van der Waals surface area contributed by atoms with Crippen LogP contribution in [0.3, 0.4) is 0 Å². The molecule has 0 aliphatic heterocycles. The molecule has 2 nitrogen and oxygen atoms in total. The third kappa shape index (κ3) is 47.7. The average molecular weight is 857 g/mol. The van der Waals surface area contributed by atoms with E-state index in [-0.39, 0.29) is 12.4 Å². The van der Waals surface area contributed by atoms with Crippen LogP contribution in [0.1, 0.15) is 258 Å². The number of nitrogens with zero attached hydrogens (tertiary/aromatic N) is 1. The van der Waals surface area contributed by atoms with E-state index in [1.54, 1.807) is 0 Å². The van der Waals surface area contributed by atoms with E-state index in [1.807, 2.05) is 0 Å². The number of rotatable bonds is 48. The summed E-state index contributed by atoms with van der Waals surface area (Å²) in [6, 6.07) is 0. The maximum Gasteiger partial charge on any atom is 0.0808 e. The van der Waals surface area contributed by atoms with Crippen molar-refractivity contribution in [3.05, 3.63) is 72.9 Å². The van der Waals surface area contributed by atoms with E-state index in [2.05, 4.69) is 93.7 Å². The van der Waals surface area contributed by atoms with E-state index in [0.717, 1.165) is 25.7 Å². The highest BCUT2D eigenvalue weighted by Gasteiger charge is 2.25. The molecular formula is C57H106ClNO. The van der Waals surface area contributed by atoms with E-state index in [9.17, 15) is 5.11 Å². The Kier molecular flexibility index (Phi) is 54.4. The highest BCUT2D eigenvalue weighted by atomic mass is 35.5. The molecule has 0 aromatic carbocycles. The zero-order valence-electron chi connectivity index (χ0n) is 40.9. The van der Waals surface area contributed by atoms with E-state index in [4.69, 9.17) is 0 Å². The number of quaternary nitrogens is 1. The van der Waals surface area contributed by atoms with Crippen LogP contribution in [0.25, 0.3) is 0 Å². The molecule has 0 radical (unpaired) electrons. The Morgan fingerprint density at radius 1 is 0.267 bits per heavy atom. The number of halogens is 1. The summed E-state index contributed by atoms with van der Waals surface area (Å²) in [5.74, 6) is 0. The molecule has 0 aliphatic carbocycles. The van der Waals surface area contributed by atoms with Crippen molar-refractivity contribution in [3.63, 3.8) is 0 Å². The van der Waals surface area contributed by atoms with Gasteiger partial charge in [-0.05, 0) is 135 Å². The Morgan fingerprint density at radius 3 is 0.733 bits per heavy atom. The van der Waals surface area contributed by atoms with Crippen LogP contribution in [0.4, 0.5) is 0 Å². The van der Waals surface area contributed by atoms with Gasteiger partial charge in [-0.3, -0.25) is 0 Å². The molecule has 0 aromatic heterocycles. The van der Waals surface area contributed by atoms with Gasteiger partial charge in [0.15, 0.2) is 0 Å². The minimum absolute atomic E-state index is 0. The maximum absolute atomic E-state index is 9.93. The van der Waals surface area contributed by atoms with E-state index in [0.29, 0.717) is 6.61 Å². The van der Waals surface area contributed by atoms with E-state index < -0.39 is 0 Å². The lowest BCUT2D eigenvalue weighted by Crippen LogP contribution is -3.00. The van der Waals surface area contributed by atoms with Gasteiger partial charge in [0.1, 0.15) is 0 Å². The van der Waals surface area contributed by atoms with E-state index >= 15 is 0 Å². The van der Waals surface area contributed by atoms with Gasteiger partial charge in [-0.15, -0.1) is 0 Å². The van der Waals surface area contributed by atoms with Crippen molar-refractivity contribution in [3.8, 4) is 0 Å². The fourth-order valence-corrected chi connectivity index (χ4v) is 8.38. The first kappa shape index (κ1) is 60.7. The van der Waals surface area contributed by atoms with Gasteiger partial charge in [-0.2, -0.15) is 0 Å². The summed E-state index contributed by atoms with van der Waals surface area (Å²) < 4.78 is 1.27. The first-order valence-electron chi connectivity index (χ1n) is 26.6. The first-order valence-corrected chi connectivity index (χ1v) is 26.6. The lowest BCUT2D eigenvalue weighted by atomic mass is 10.0. The molecule has 352 valence electrons. The molecule has 0 aliphatic rings. The fourth-order valence-electron chi connectivity index (χ4n) is 8.38. The second-order valence-electron chi connectivity index (χ2n) is 18.1. The maximum atomic E-state index is 9.93. The molecule has 0 fully saturated rings. The summed E-state index contributed by atoms with van der Waals surface area (Å²) >= 11 is 0. The Balaban J connectivity index is 0. The number of aliphatic hydroxyl groups is 1. The van der Waals surface area contributed by atoms with E-state index in [1.165, 1.54) is 243 Å². The lowest BCUT2D eigenvalue weighted by molar-refractivity contribution is -0.929. The smallest absolute Gasteiger partial charge is 0.0808 e. The Labute approximate surface area is 384 Å². The summed E-state index contributed by atoms with van der Waals surface area (Å²) in [6.45, 7) is 12.3. The standard InChI is InChI=1S/C57H106NO.ClH/c1-4-7-10-13-16-19-22-25-28-31-34-37-40-43-46-49-53-58(56-52-57-59,54-50-47-44-41-38-35-32-29-26-23-20-17-14-11-8-5-2)55-51-48-45-42-39-36-33-30-27-24-21-18-15-12-9-6-3;/h16-21,25-30,59H,4-15,22-24,31-57H2,1-3H3;1H/q+1;/p-1/b19-16-,20-17-,21-18-,28-25-,29-26-,30-27-;. The summed E-state index contributed by atoms with van der Waals surface area (Å²) in [7, 11) is 0. The molecule has 60 heavy (non-hydrogen) atoms. The SMILES string of the molecule is CCCCC/C=C\C/C=C\CCCCCCCC[N+](CCCO)(CCCCCCCC/C=C\C/C=C\CCCCC)CCCCCCCC/C=C\C/C=C\CCCCC.[Cl-]. The average Bonchev–Trinajstić information content (AvgIpc) is 3.25. The molecule has 0 heterocycles. The number of unbranched alkanes of at least 4 members (excludes halogenated alkanes) is 27. The quantitative estimate of drug-likeness (QED) is 0.0367. The third-order valence-electron chi connectivity index (χ3n) is 12.3. The van der Waals surface area contributed by atoms with Crippen molar-refractivity contribution in [2.24, 2.45) is 0 Å². The number of aliphatic hydroxyl groups excluding tert-OH is 1. The number of allylic oxidation sites excluding steroid dienone is 12.